The minimum atomic E-state index is -3.80. The summed E-state index contributed by atoms with van der Waals surface area (Å²) in [6, 6.07) is 6.37. The van der Waals surface area contributed by atoms with Crippen LogP contribution in [-0.4, -0.2) is 14.2 Å². The summed E-state index contributed by atoms with van der Waals surface area (Å²) in [4.78, 5) is 11.1. The summed E-state index contributed by atoms with van der Waals surface area (Å²) in [5.74, 6) is 0.120. The third-order valence-corrected chi connectivity index (χ3v) is 3.75. The Kier molecular flexibility index (Phi) is 3.02. The fourth-order valence-corrected chi connectivity index (χ4v) is 2.51. The van der Waals surface area contributed by atoms with Crippen LogP contribution in [0.1, 0.15) is 18.4 Å². The van der Waals surface area contributed by atoms with Gasteiger partial charge in [0.1, 0.15) is 10.7 Å². The molecule has 0 aliphatic heterocycles. The molecule has 0 bridgehead atoms. The molecule has 0 amide bonds. The van der Waals surface area contributed by atoms with Gasteiger partial charge in [0.05, 0.1) is 0 Å². The fourth-order valence-electron chi connectivity index (χ4n) is 1.53. The maximum absolute atomic E-state index is 11.8. The van der Waals surface area contributed by atoms with Crippen LogP contribution in [0.4, 0.5) is 0 Å². The van der Waals surface area contributed by atoms with Gasteiger partial charge in [0.2, 0.25) is 0 Å². The smallest absolute Gasteiger partial charge is 0.338 e. The van der Waals surface area contributed by atoms with E-state index in [1.165, 1.54) is 18.2 Å². The zero-order valence-corrected chi connectivity index (χ0v) is 10.2. The maximum Gasteiger partial charge on any atom is 0.338 e. The van der Waals surface area contributed by atoms with Gasteiger partial charge >= 0.3 is 10.1 Å². The molecule has 0 radical (unpaired) electrons. The van der Waals surface area contributed by atoms with E-state index in [4.69, 9.17) is 4.18 Å². The van der Waals surface area contributed by atoms with Gasteiger partial charge in [0, 0.05) is 18.9 Å². The van der Waals surface area contributed by atoms with E-state index in [-0.39, 0.29) is 16.4 Å². The third-order valence-electron chi connectivity index (χ3n) is 2.47. The second-order valence-corrected chi connectivity index (χ2v) is 5.47. The number of allylic oxidation sites excluding steroid dienone is 2. The van der Waals surface area contributed by atoms with Gasteiger partial charge in [-0.2, -0.15) is 8.42 Å². The molecule has 0 N–H and O–H groups in total. The van der Waals surface area contributed by atoms with E-state index in [1.807, 2.05) is 6.92 Å². The van der Waals surface area contributed by atoms with E-state index in [2.05, 4.69) is 0 Å². The summed E-state index contributed by atoms with van der Waals surface area (Å²) in [6.07, 6.45) is 1.91. The molecular formula is C12H12O4S. The predicted molar refractivity (Wildman–Crippen MR) is 61.8 cm³/mol. The largest absolute Gasteiger partial charge is 0.383 e. The second kappa shape index (κ2) is 4.33. The number of carbonyl (C=O) groups excluding carboxylic acids is 1. The lowest BCUT2D eigenvalue weighted by molar-refractivity contribution is -0.114. The summed E-state index contributed by atoms with van der Waals surface area (Å²) in [6.45, 7) is 1.87. The molecule has 1 aromatic rings. The molecule has 1 aliphatic carbocycles. The van der Waals surface area contributed by atoms with Crippen LogP contribution in [0.25, 0.3) is 0 Å². The van der Waals surface area contributed by atoms with Crippen LogP contribution in [0.2, 0.25) is 0 Å². The molecule has 0 atom stereocenters. The van der Waals surface area contributed by atoms with Crippen LogP contribution in [0.3, 0.4) is 0 Å². The van der Waals surface area contributed by atoms with Crippen LogP contribution in [0.15, 0.2) is 41.0 Å². The summed E-state index contributed by atoms with van der Waals surface area (Å²) < 4.78 is 28.6. The van der Waals surface area contributed by atoms with Gasteiger partial charge in [-0.3, -0.25) is 4.79 Å². The molecule has 0 spiro atoms. The topological polar surface area (TPSA) is 60.4 Å². The van der Waals surface area contributed by atoms with Crippen molar-refractivity contribution in [2.45, 2.75) is 24.7 Å². The molecule has 4 nitrogen and oxygen atoms in total. The SMILES string of the molecule is Cc1ccc(S(=O)(=O)OC2=CC(=O)CC2)cc1. The number of ketones is 1. The van der Waals surface area contributed by atoms with Crippen molar-refractivity contribution < 1.29 is 17.4 Å². The van der Waals surface area contributed by atoms with Gasteiger partial charge in [0.25, 0.3) is 0 Å². The lowest BCUT2D eigenvalue weighted by atomic mass is 10.2. The molecule has 17 heavy (non-hydrogen) atoms. The highest BCUT2D eigenvalue weighted by Crippen LogP contribution is 2.22. The molecule has 0 saturated heterocycles. The predicted octanol–water partition coefficient (Wildman–Crippen LogP) is 1.95. The number of aryl methyl sites for hydroxylation is 1. The molecule has 0 unspecified atom stereocenters. The van der Waals surface area contributed by atoms with Crippen molar-refractivity contribution in [1.29, 1.82) is 0 Å². The average molecular weight is 252 g/mol. The van der Waals surface area contributed by atoms with Crippen molar-refractivity contribution >= 4 is 15.9 Å². The molecule has 0 heterocycles. The summed E-state index contributed by atoms with van der Waals surface area (Å²) in [7, 11) is -3.80. The normalized spacial score (nSPS) is 15.8. The lowest BCUT2D eigenvalue weighted by Gasteiger charge is -2.07. The van der Waals surface area contributed by atoms with Gasteiger partial charge in [-0.15, -0.1) is 0 Å². The highest BCUT2D eigenvalue weighted by Gasteiger charge is 2.21. The molecular weight excluding hydrogens is 240 g/mol. The van der Waals surface area contributed by atoms with Gasteiger partial charge in [-0.05, 0) is 19.1 Å². The first-order chi connectivity index (χ1) is 7.97. The number of rotatable bonds is 3. The van der Waals surface area contributed by atoms with E-state index in [0.29, 0.717) is 12.8 Å². The maximum atomic E-state index is 11.8. The van der Waals surface area contributed by atoms with E-state index in [9.17, 15) is 13.2 Å². The molecule has 0 saturated carbocycles. The second-order valence-electron chi connectivity index (χ2n) is 3.93. The molecule has 5 heteroatoms. The number of benzene rings is 1. The Morgan fingerprint density at radius 3 is 2.29 bits per heavy atom. The molecule has 2 rings (SSSR count). The van der Waals surface area contributed by atoms with Crippen molar-refractivity contribution in [1.82, 2.24) is 0 Å². The zero-order valence-electron chi connectivity index (χ0n) is 9.34. The Hall–Kier alpha value is -1.62. The van der Waals surface area contributed by atoms with Crippen molar-refractivity contribution in [3.05, 3.63) is 41.7 Å². The molecule has 1 aliphatic rings. The minimum absolute atomic E-state index is 0.0980. The lowest BCUT2D eigenvalue weighted by Crippen LogP contribution is -2.05. The number of hydrogen-bond acceptors (Lipinski definition) is 4. The van der Waals surface area contributed by atoms with Gasteiger partial charge < -0.3 is 4.18 Å². The molecule has 90 valence electrons. The van der Waals surface area contributed by atoms with Crippen LogP contribution in [0, 0.1) is 6.92 Å². The Labute approximate surface area is 100 Å². The van der Waals surface area contributed by atoms with Crippen LogP contribution in [-0.2, 0) is 19.1 Å². The minimum Gasteiger partial charge on any atom is -0.383 e. The summed E-state index contributed by atoms with van der Waals surface area (Å²) in [5, 5.41) is 0. The third kappa shape index (κ3) is 2.74. The highest BCUT2D eigenvalue weighted by atomic mass is 32.2. The van der Waals surface area contributed by atoms with Crippen molar-refractivity contribution in [2.24, 2.45) is 0 Å². The Balaban J connectivity index is 2.22. The van der Waals surface area contributed by atoms with E-state index < -0.39 is 10.1 Å². The quantitative estimate of drug-likeness (QED) is 0.771. The first kappa shape index (κ1) is 11.9. The van der Waals surface area contributed by atoms with Gasteiger partial charge in [0.15, 0.2) is 5.78 Å². The fraction of sp³-hybridized carbons (Fsp3) is 0.250. The molecule has 0 fully saturated rings. The van der Waals surface area contributed by atoms with Crippen LogP contribution in [0.5, 0.6) is 0 Å². The molecule has 0 aromatic heterocycles. The standard InChI is InChI=1S/C12H12O4S/c1-9-2-6-12(7-3-9)17(14,15)16-11-5-4-10(13)8-11/h2-3,6-8H,4-5H2,1H3. The van der Waals surface area contributed by atoms with Crippen molar-refractivity contribution in [2.75, 3.05) is 0 Å². The Bertz CT molecular complexity index is 567. The Morgan fingerprint density at radius 1 is 1.12 bits per heavy atom. The monoisotopic (exact) mass is 252 g/mol. The van der Waals surface area contributed by atoms with Gasteiger partial charge in [-0.25, -0.2) is 0 Å². The van der Waals surface area contributed by atoms with Crippen molar-refractivity contribution in [3.8, 4) is 0 Å². The first-order valence-electron chi connectivity index (χ1n) is 5.22. The number of hydrogen-bond donors (Lipinski definition) is 0. The highest BCUT2D eigenvalue weighted by molar-refractivity contribution is 7.86. The van der Waals surface area contributed by atoms with Crippen LogP contribution < -0.4 is 0 Å². The van der Waals surface area contributed by atoms with E-state index in [0.717, 1.165) is 5.56 Å². The number of carbonyl (C=O) groups is 1. The van der Waals surface area contributed by atoms with Crippen LogP contribution >= 0.6 is 0 Å². The van der Waals surface area contributed by atoms with Crippen molar-refractivity contribution in [3.63, 3.8) is 0 Å². The van der Waals surface area contributed by atoms with E-state index in [1.54, 1.807) is 12.1 Å². The molecule has 1 aromatic carbocycles. The first-order valence-corrected chi connectivity index (χ1v) is 6.63. The average Bonchev–Trinajstić information content (AvgIpc) is 2.63. The van der Waals surface area contributed by atoms with E-state index >= 15 is 0 Å². The van der Waals surface area contributed by atoms with Gasteiger partial charge in [-0.1, -0.05) is 17.7 Å². The summed E-state index contributed by atoms with van der Waals surface area (Å²) in [5.41, 5.74) is 0.971. The zero-order chi connectivity index (χ0) is 12.5. The summed E-state index contributed by atoms with van der Waals surface area (Å²) >= 11 is 0. The Morgan fingerprint density at radius 2 is 1.76 bits per heavy atom.